The first-order valence-corrected chi connectivity index (χ1v) is 5.96. The second kappa shape index (κ2) is 5.50. The third kappa shape index (κ3) is 2.82. The first-order chi connectivity index (χ1) is 9.02. The minimum absolute atomic E-state index is 0.0645. The van der Waals surface area contributed by atoms with Crippen molar-refractivity contribution < 1.29 is 18.7 Å². The molecule has 1 aliphatic rings. The number of anilines is 1. The molecule has 4 N–H and O–H groups in total. The summed E-state index contributed by atoms with van der Waals surface area (Å²) in [6.45, 7) is 0.750. The molecule has 1 amide bonds. The van der Waals surface area contributed by atoms with Gasteiger partial charge in [-0.1, -0.05) is 0 Å². The molecule has 0 radical (unpaired) electrons. The summed E-state index contributed by atoms with van der Waals surface area (Å²) < 4.78 is 27.0. The van der Waals surface area contributed by atoms with Gasteiger partial charge in [0.05, 0.1) is 6.10 Å². The first kappa shape index (κ1) is 13.7. The molecular formula is C12H15F2N3O2. The maximum atomic E-state index is 13.5. The highest BCUT2D eigenvalue weighted by Crippen LogP contribution is 2.21. The fourth-order valence-electron chi connectivity index (χ4n) is 2.09. The summed E-state index contributed by atoms with van der Waals surface area (Å²) in [5.74, 6) is 2.70. The van der Waals surface area contributed by atoms with Crippen LogP contribution in [0.2, 0.25) is 0 Å². The summed E-state index contributed by atoms with van der Waals surface area (Å²) in [5.41, 5.74) is 1.38. The van der Waals surface area contributed by atoms with Gasteiger partial charge in [0.2, 0.25) is 0 Å². The van der Waals surface area contributed by atoms with Crippen LogP contribution in [-0.2, 0) is 0 Å². The standard InChI is InChI=1S/C12H15F2N3O2/c13-9-5-7(6-10(14)11(9)16-15)12(19)17-3-1-8(18)2-4-17/h5-6,8,16,18H,1-4,15H2. The Hall–Kier alpha value is -1.73. The van der Waals surface area contributed by atoms with Crippen molar-refractivity contribution in [2.24, 2.45) is 5.84 Å². The smallest absolute Gasteiger partial charge is 0.254 e. The quantitative estimate of drug-likeness (QED) is 0.550. The van der Waals surface area contributed by atoms with Crippen LogP contribution in [0, 0.1) is 11.6 Å². The number of hydrogen-bond acceptors (Lipinski definition) is 4. The van der Waals surface area contributed by atoms with Gasteiger partial charge < -0.3 is 15.4 Å². The van der Waals surface area contributed by atoms with E-state index in [4.69, 9.17) is 5.84 Å². The number of piperidine rings is 1. The number of halogens is 2. The number of amides is 1. The van der Waals surface area contributed by atoms with Crippen LogP contribution in [-0.4, -0.2) is 35.1 Å². The highest BCUT2D eigenvalue weighted by atomic mass is 19.1. The number of nitrogens with one attached hydrogen (secondary N) is 1. The Labute approximate surface area is 109 Å². The SMILES string of the molecule is NNc1c(F)cc(C(=O)N2CCC(O)CC2)cc1F. The molecule has 0 spiro atoms. The molecule has 0 unspecified atom stereocenters. The van der Waals surface area contributed by atoms with Gasteiger partial charge in [-0.3, -0.25) is 10.6 Å². The zero-order valence-corrected chi connectivity index (χ0v) is 10.2. The molecule has 2 rings (SSSR count). The van der Waals surface area contributed by atoms with Gasteiger partial charge >= 0.3 is 0 Å². The number of aliphatic hydroxyl groups is 1. The first-order valence-electron chi connectivity index (χ1n) is 5.96. The van der Waals surface area contributed by atoms with Crippen LogP contribution in [0.5, 0.6) is 0 Å². The lowest BCUT2D eigenvalue weighted by molar-refractivity contribution is 0.0545. The van der Waals surface area contributed by atoms with Crippen LogP contribution in [0.4, 0.5) is 14.5 Å². The molecule has 0 saturated carbocycles. The molecule has 0 atom stereocenters. The Morgan fingerprint density at radius 3 is 2.32 bits per heavy atom. The molecule has 0 bridgehead atoms. The Balaban J connectivity index is 2.20. The minimum Gasteiger partial charge on any atom is -0.393 e. The summed E-state index contributed by atoms with van der Waals surface area (Å²) in [4.78, 5) is 13.5. The van der Waals surface area contributed by atoms with Crippen LogP contribution in [0.1, 0.15) is 23.2 Å². The molecule has 1 aliphatic heterocycles. The van der Waals surface area contributed by atoms with E-state index in [9.17, 15) is 18.7 Å². The van der Waals surface area contributed by atoms with Crippen molar-refractivity contribution in [3.63, 3.8) is 0 Å². The fourth-order valence-corrected chi connectivity index (χ4v) is 2.09. The zero-order chi connectivity index (χ0) is 14.0. The van der Waals surface area contributed by atoms with Gasteiger partial charge in [0.1, 0.15) is 5.69 Å². The second-order valence-electron chi connectivity index (χ2n) is 4.48. The van der Waals surface area contributed by atoms with Gasteiger partial charge in [-0.15, -0.1) is 0 Å². The van der Waals surface area contributed by atoms with Gasteiger partial charge in [-0.05, 0) is 25.0 Å². The van der Waals surface area contributed by atoms with E-state index >= 15 is 0 Å². The van der Waals surface area contributed by atoms with E-state index in [0.717, 1.165) is 12.1 Å². The molecule has 1 heterocycles. The van der Waals surface area contributed by atoms with Gasteiger partial charge in [-0.2, -0.15) is 0 Å². The number of nitrogens with two attached hydrogens (primary N) is 1. The van der Waals surface area contributed by atoms with Crippen molar-refractivity contribution >= 4 is 11.6 Å². The molecule has 0 aromatic heterocycles. The highest BCUT2D eigenvalue weighted by Gasteiger charge is 2.24. The van der Waals surface area contributed by atoms with E-state index in [1.165, 1.54) is 4.90 Å². The summed E-state index contributed by atoms with van der Waals surface area (Å²) in [5, 5.41) is 9.36. The lowest BCUT2D eigenvalue weighted by atomic mass is 10.1. The summed E-state index contributed by atoms with van der Waals surface area (Å²) in [6.07, 6.45) is 0.527. The molecule has 0 aliphatic carbocycles. The number of nitrogen functional groups attached to an aromatic ring is 1. The van der Waals surface area contributed by atoms with Crippen molar-refractivity contribution in [1.82, 2.24) is 4.90 Å². The lowest BCUT2D eigenvalue weighted by Gasteiger charge is -2.29. The van der Waals surface area contributed by atoms with Gasteiger partial charge in [-0.25, -0.2) is 8.78 Å². The number of rotatable bonds is 2. The van der Waals surface area contributed by atoms with Crippen LogP contribution in [0.25, 0.3) is 0 Å². The average Bonchev–Trinajstić information content (AvgIpc) is 2.38. The van der Waals surface area contributed by atoms with E-state index in [0.29, 0.717) is 25.9 Å². The van der Waals surface area contributed by atoms with Gasteiger partial charge in [0.15, 0.2) is 11.6 Å². The van der Waals surface area contributed by atoms with Crippen molar-refractivity contribution in [1.29, 1.82) is 0 Å². The Kier molecular flexibility index (Phi) is 3.96. The van der Waals surface area contributed by atoms with Crippen LogP contribution in [0.3, 0.4) is 0 Å². The normalized spacial score (nSPS) is 16.5. The topological polar surface area (TPSA) is 78.6 Å². The van der Waals surface area contributed by atoms with E-state index in [1.54, 1.807) is 0 Å². The predicted octanol–water partition coefficient (Wildman–Crippen LogP) is 0.847. The largest absolute Gasteiger partial charge is 0.393 e. The predicted molar refractivity (Wildman–Crippen MR) is 65.3 cm³/mol. The maximum Gasteiger partial charge on any atom is 0.254 e. The maximum absolute atomic E-state index is 13.5. The number of aliphatic hydroxyl groups excluding tert-OH is 1. The van der Waals surface area contributed by atoms with E-state index in [-0.39, 0.29) is 5.56 Å². The van der Waals surface area contributed by atoms with Crippen LogP contribution < -0.4 is 11.3 Å². The zero-order valence-electron chi connectivity index (χ0n) is 10.2. The van der Waals surface area contributed by atoms with E-state index < -0.39 is 29.3 Å². The Morgan fingerprint density at radius 1 is 1.32 bits per heavy atom. The fraction of sp³-hybridized carbons (Fsp3) is 0.417. The van der Waals surface area contributed by atoms with Crippen molar-refractivity contribution in [2.45, 2.75) is 18.9 Å². The van der Waals surface area contributed by atoms with Crippen LogP contribution in [0.15, 0.2) is 12.1 Å². The average molecular weight is 271 g/mol. The Bertz CT molecular complexity index is 465. The third-order valence-electron chi connectivity index (χ3n) is 3.19. The number of likely N-dealkylation sites (tertiary alicyclic amines) is 1. The molecule has 5 nitrogen and oxygen atoms in total. The molecular weight excluding hydrogens is 256 g/mol. The monoisotopic (exact) mass is 271 g/mol. The lowest BCUT2D eigenvalue weighted by Crippen LogP contribution is -2.40. The van der Waals surface area contributed by atoms with Gasteiger partial charge in [0, 0.05) is 18.7 Å². The van der Waals surface area contributed by atoms with Gasteiger partial charge in [0.25, 0.3) is 5.91 Å². The van der Waals surface area contributed by atoms with Crippen molar-refractivity contribution in [3.05, 3.63) is 29.3 Å². The second-order valence-corrected chi connectivity index (χ2v) is 4.48. The molecule has 1 saturated heterocycles. The van der Waals surface area contributed by atoms with Crippen molar-refractivity contribution in [2.75, 3.05) is 18.5 Å². The number of hydrogen-bond donors (Lipinski definition) is 3. The van der Waals surface area contributed by atoms with Crippen molar-refractivity contribution in [3.8, 4) is 0 Å². The molecule has 19 heavy (non-hydrogen) atoms. The number of nitrogens with zero attached hydrogens (tertiary/aromatic N) is 1. The van der Waals surface area contributed by atoms with E-state index in [2.05, 4.69) is 0 Å². The van der Waals surface area contributed by atoms with Crippen LogP contribution >= 0.6 is 0 Å². The number of carbonyl (C=O) groups is 1. The number of hydrazine groups is 1. The number of carbonyl (C=O) groups excluding carboxylic acids is 1. The molecule has 1 aromatic carbocycles. The molecule has 104 valence electrons. The summed E-state index contributed by atoms with van der Waals surface area (Å²) in [7, 11) is 0. The highest BCUT2D eigenvalue weighted by molar-refractivity contribution is 5.94. The molecule has 1 fully saturated rings. The summed E-state index contributed by atoms with van der Waals surface area (Å²) in [6, 6.07) is 1.90. The third-order valence-corrected chi connectivity index (χ3v) is 3.19. The minimum atomic E-state index is -0.914. The summed E-state index contributed by atoms with van der Waals surface area (Å²) >= 11 is 0. The van der Waals surface area contributed by atoms with E-state index in [1.807, 2.05) is 5.43 Å². The Morgan fingerprint density at radius 2 is 1.84 bits per heavy atom. The molecule has 1 aromatic rings. The molecule has 7 heteroatoms. The number of benzene rings is 1.